The highest BCUT2D eigenvalue weighted by molar-refractivity contribution is 6.30. The van der Waals surface area contributed by atoms with Crippen LogP contribution in [0, 0.1) is 0 Å². The third kappa shape index (κ3) is 2.97. The number of halogens is 4. The highest BCUT2D eigenvalue weighted by atomic mass is 35.5. The molecule has 1 aromatic carbocycles. The maximum absolute atomic E-state index is 12.2. The number of benzene rings is 1. The van der Waals surface area contributed by atoms with E-state index in [0.717, 1.165) is 0 Å². The quantitative estimate of drug-likeness (QED) is 0.784. The van der Waals surface area contributed by atoms with E-state index in [1.165, 1.54) is 18.2 Å². The van der Waals surface area contributed by atoms with Crippen LogP contribution in [0.4, 0.5) is 14.5 Å². The van der Waals surface area contributed by atoms with Crippen molar-refractivity contribution in [1.29, 1.82) is 0 Å². The van der Waals surface area contributed by atoms with Crippen LogP contribution in [0.3, 0.4) is 0 Å². The maximum Gasteiger partial charge on any atom is 0.257 e. The van der Waals surface area contributed by atoms with E-state index in [9.17, 15) is 8.78 Å². The Balaban J connectivity index is 0.00000169. The first-order valence-electron chi connectivity index (χ1n) is 3.61. The van der Waals surface area contributed by atoms with Crippen LogP contribution in [0.5, 0.6) is 0 Å². The zero-order chi connectivity index (χ0) is 10.0. The van der Waals surface area contributed by atoms with Crippen LogP contribution in [-0.2, 0) is 0 Å². The van der Waals surface area contributed by atoms with Gasteiger partial charge in [0.05, 0.1) is 6.04 Å². The molecule has 0 aliphatic heterocycles. The van der Waals surface area contributed by atoms with Gasteiger partial charge in [-0.1, -0.05) is 11.6 Å². The molecule has 0 unspecified atom stereocenters. The van der Waals surface area contributed by atoms with E-state index in [0.29, 0.717) is 5.02 Å². The average Bonchev–Trinajstić information content (AvgIpc) is 2.08. The van der Waals surface area contributed by atoms with Crippen molar-refractivity contribution < 1.29 is 8.78 Å². The first-order chi connectivity index (χ1) is 6.02. The van der Waals surface area contributed by atoms with Crippen LogP contribution in [0.15, 0.2) is 18.2 Å². The number of anilines is 1. The molecule has 0 radical (unpaired) electrons. The SMILES string of the molecule is Cl.Nc1ccc(Cl)cc1[C@@H](N)C(F)F. The minimum absolute atomic E-state index is 0. The molecule has 2 nitrogen and oxygen atoms in total. The molecule has 6 heteroatoms. The molecule has 1 rings (SSSR count). The number of hydrogen-bond acceptors (Lipinski definition) is 2. The van der Waals surface area contributed by atoms with Crippen molar-refractivity contribution >= 4 is 29.7 Å². The lowest BCUT2D eigenvalue weighted by Crippen LogP contribution is -2.20. The van der Waals surface area contributed by atoms with Crippen molar-refractivity contribution in [3.05, 3.63) is 28.8 Å². The molecule has 0 spiro atoms. The molecule has 0 saturated heterocycles. The van der Waals surface area contributed by atoms with E-state index < -0.39 is 12.5 Å². The molecule has 0 aliphatic rings. The van der Waals surface area contributed by atoms with Crippen LogP contribution >= 0.6 is 24.0 Å². The van der Waals surface area contributed by atoms with E-state index in [4.69, 9.17) is 23.1 Å². The molecule has 1 aromatic rings. The molecule has 0 saturated carbocycles. The summed E-state index contributed by atoms with van der Waals surface area (Å²) in [6, 6.07) is 2.96. The molecule has 4 N–H and O–H groups in total. The minimum Gasteiger partial charge on any atom is -0.398 e. The summed E-state index contributed by atoms with van der Waals surface area (Å²) in [5.41, 5.74) is 11.1. The molecule has 0 heterocycles. The van der Waals surface area contributed by atoms with Crippen molar-refractivity contribution in [2.24, 2.45) is 5.73 Å². The molecular formula is C8H10Cl2F2N2. The second-order valence-electron chi connectivity index (χ2n) is 2.63. The van der Waals surface area contributed by atoms with Crippen molar-refractivity contribution in [2.45, 2.75) is 12.5 Å². The number of hydrogen-bond donors (Lipinski definition) is 2. The summed E-state index contributed by atoms with van der Waals surface area (Å²) in [4.78, 5) is 0. The van der Waals surface area contributed by atoms with Gasteiger partial charge in [0, 0.05) is 10.7 Å². The highest BCUT2D eigenvalue weighted by Gasteiger charge is 2.19. The fraction of sp³-hybridized carbons (Fsp3) is 0.250. The van der Waals surface area contributed by atoms with Crippen LogP contribution in [0.1, 0.15) is 11.6 Å². The molecular weight excluding hydrogens is 233 g/mol. The molecule has 80 valence electrons. The summed E-state index contributed by atoms with van der Waals surface area (Å²) < 4.78 is 24.4. The van der Waals surface area contributed by atoms with Gasteiger partial charge in [0.1, 0.15) is 0 Å². The normalized spacial score (nSPS) is 12.4. The van der Waals surface area contributed by atoms with Gasteiger partial charge >= 0.3 is 0 Å². The average molecular weight is 243 g/mol. The highest BCUT2D eigenvalue weighted by Crippen LogP contribution is 2.26. The minimum atomic E-state index is -2.64. The van der Waals surface area contributed by atoms with Crippen molar-refractivity contribution in [1.82, 2.24) is 0 Å². The number of rotatable bonds is 2. The van der Waals surface area contributed by atoms with Crippen LogP contribution in [0.2, 0.25) is 5.02 Å². The van der Waals surface area contributed by atoms with Gasteiger partial charge < -0.3 is 11.5 Å². The van der Waals surface area contributed by atoms with Gasteiger partial charge in [0.25, 0.3) is 6.43 Å². The lowest BCUT2D eigenvalue weighted by molar-refractivity contribution is 0.116. The Morgan fingerprint density at radius 2 is 1.86 bits per heavy atom. The van der Waals surface area contributed by atoms with Crippen LogP contribution in [0.25, 0.3) is 0 Å². The lowest BCUT2D eigenvalue weighted by atomic mass is 10.1. The largest absolute Gasteiger partial charge is 0.398 e. The summed E-state index contributed by atoms with van der Waals surface area (Å²) in [7, 11) is 0. The third-order valence-electron chi connectivity index (χ3n) is 1.68. The second kappa shape index (κ2) is 5.34. The topological polar surface area (TPSA) is 52.0 Å². The summed E-state index contributed by atoms with van der Waals surface area (Å²) in [5, 5.41) is 0.348. The fourth-order valence-electron chi connectivity index (χ4n) is 0.970. The monoisotopic (exact) mass is 242 g/mol. The molecule has 0 aromatic heterocycles. The third-order valence-corrected chi connectivity index (χ3v) is 1.91. The Hall–Kier alpha value is -0.580. The fourth-order valence-corrected chi connectivity index (χ4v) is 1.15. The van der Waals surface area contributed by atoms with Gasteiger partial charge in [-0.25, -0.2) is 8.78 Å². The van der Waals surface area contributed by atoms with Gasteiger partial charge in [-0.3, -0.25) is 0 Å². The maximum atomic E-state index is 12.2. The second-order valence-corrected chi connectivity index (χ2v) is 3.07. The summed E-state index contributed by atoms with van der Waals surface area (Å²) in [6.07, 6.45) is -2.64. The van der Waals surface area contributed by atoms with Gasteiger partial charge in [0.15, 0.2) is 0 Å². The van der Waals surface area contributed by atoms with Crippen LogP contribution in [-0.4, -0.2) is 6.43 Å². The van der Waals surface area contributed by atoms with Crippen molar-refractivity contribution in [3.8, 4) is 0 Å². The van der Waals surface area contributed by atoms with E-state index in [1.54, 1.807) is 0 Å². The predicted octanol–water partition coefficient (Wildman–Crippen LogP) is 2.61. The van der Waals surface area contributed by atoms with E-state index in [-0.39, 0.29) is 23.7 Å². The summed E-state index contributed by atoms with van der Waals surface area (Å²) in [6.45, 7) is 0. The Labute approximate surface area is 91.6 Å². The Morgan fingerprint density at radius 1 is 1.29 bits per heavy atom. The smallest absolute Gasteiger partial charge is 0.257 e. The molecule has 0 aliphatic carbocycles. The Kier molecular flexibility index (Phi) is 5.12. The molecule has 1 atom stereocenters. The van der Waals surface area contributed by atoms with Crippen LogP contribution < -0.4 is 11.5 Å². The van der Waals surface area contributed by atoms with Gasteiger partial charge in [-0.05, 0) is 23.8 Å². The zero-order valence-corrected chi connectivity index (χ0v) is 8.66. The summed E-state index contributed by atoms with van der Waals surface area (Å²) in [5.74, 6) is 0. The molecule has 0 fully saturated rings. The van der Waals surface area contributed by atoms with E-state index in [2.05, 4.69) is 0 Å². The first kappa shape index (κ1) is 13.4. The standard InChI is InChI=1S/C8H9ClF2N2.ClH/c9-4-1-2-6(12)5(3-4)7(13)8(10)11;/h1-3,7-8H,12-13H2;1H/t7-;/m1./s1. The Morgan fingerprint density at radius 3 is 2.36 bits per heavy atom. The Bertz CT molecular complexity index is 307. The van der Waals surface area contributed by atoms with Gasteiger partial charge in [0.2, 0.25) is 0 Å². The first-order valence-corrected chi connectivity index (χ1v) is 3.99. The zero-order valence-electron chi connectivity index (χ0n) is 7.08. The molecule has 0 amide bonds. The summed E-state index contributed by atoms with van der Waals surface area (Å²) >= 11 is 5.61. The predicted molar refractivity (Wildman–Crippen MR) is 56.0 cm³/mol. The van der Waals surface area contributed by atoms with Crippen molar-refractivity contribution in [3.63, 3.8) is 0 Å². The number of nitrogen functional groups attached to an aromatic ring is 1. The number of nitrogens with two attached hydrogens (primary N) is 2. The van der Waals surface area contributed by atoms with Crippen molar-refractivity contribution in [2.75, 3.05) is 5.73 Å². The molecule has 14 heavy (non-hydrogen) atoms. The van der Waals surface area contributed by atoms with E-state index in [1.807, 2.05) is 0 Å². The van der Waals surface area contributed by atoms with E-state index >= 15 is 0 Å². The lowest BCUT2D eigenvalue weighted by Gasteiger charge is -2.13. The van der Waals surface area contributed by atoms with Gasteiger partial charge in [-0.2, -0.15) is 0 Å². The van der Waals surface area contributed by atoms with Gasteiger partial charge in [-0.15, -0.1) is 12.4 Å². The number of alkyl halides is 2. The molecule has 0 bridgehead atoms.